The summed E-state index contributed by atoms with van der Waals surface area (Å²) < 4.78 is 25.2. The van der Waals surface area contributed by atoms with Crippen molar-refractivity contribution in [2.24, 2.45) is 0 Å². The molecule has 0 heterocycles. The number of hydrogen-bond donors (Lipinski definition) is 0. The summed E-state index contributed by atoms with van der Waals surface area (Å²) in [6.45, 7) is 0.247. The number of rotatable bonds is 4. The first-order valence-electron chi connectivity index (χ1n) is 5.66. The fraction of sp³-hybridized carbons (Fsp3) is 0.143. The number of sulfonamides is 1. The van der Waals surface area contributed by atoms with Crippen molar-refractivity contribution in [2.45, 2.75) is 6.54 Å². The first kappa shape index (κ1) is 13.9. The van der Waals surface area contributed by atoms with Crippen molar-refractivity contribution in [3.8, 4) is 0 Å². The van der Waals surface area contributed by atoms with E-state index in [0.717, 1.165) is 5.56 Å². The van der Waals surface area contributed by atoms with E-state index in [2.05, 4.69) is 6.07 Å². The zero-order valence-corrected chi connectivity index (χ0v) is 11.9. The topological polar surface area (TPSA) is 37.4 Å². The molecular formula is C14H13ClNO2S. The maximum atomic E-state index is 11.9. The summed E-state index contributed by atoms with van der Waals surface area (Å²) in [5.41, 5.74) is 1.34. The fourth-order valence-electron chi connectivity index (χ4n) is 1.72. The summed E-state index contributed by atoms with van der Waals surface area (Å²) in [4.78, 5) is 0. The Morgan fingerprint density at radius 3 is 2.47 bits per heavy atom. The molecule has 0 aliphatic heterocycles. The van der Waals surface area contributed by atoms with E-state index in [1.165, 1.54) is 10.6 Å². The number of nitrogens with zero attached hydrogens (tertiary/aromatic N) is 1. The number of anilines is 1. The van der Waals surface area contributed by atoms with Gasteiger partial charge in [-0.3, -0.25) is 4.31 Å². The van der Waals surface area contributed by atoms with Crippen LogP contribution in [0.1, 0.15) is 5.56 Å². The minimum atomic E-state index is -3.41. The lowest BCUT2D eigenvalue weighted by molar-refractivity contribution is 0.596. The van der Waals surface area contributed by atoms with Gasteiger partial charge < -0.3 is 0 Å². The number of benzene rings is 2. The van der Waals surface area contributed by atoms with Crippen LogP contribution >= 0.6 is 11.6 Å². The third kappa shape index (κ3) is 3.49. The van der Waals surface area contributed by atoms with Crippen LogP contribution in [-0.4, -0.2) is 14.7 Å². The summed E-state index contributed by atoms with van der Waals surface area (Å²) >= 11 is 6.07. The second-order valence-electron chi connectivity index (χ2n) is 4.13. The van der Waals surface area contributed by atoms with Crippen LogP contribution in [0, 0.1) is 6.07 Å². The molecule has 0 bridgehead atoms. The molecule has 0 saturated heterocycles. The van der Waals surface area contributed by atoms with Gasteiger partial charge in [-0.2, -0.15) is 0 Å². The SMILES string of the molecule is CS(=O)(=O)N(Cc1ccccc1)c1c[c]ccc1Cl. The zero-order valence-electron chi connectivity index (χ0n) is 10.4. The van der Waals surface area contributed by atoms with Gasteiger partial charge in [0.15, 0.2) is 0 Å². The smallest absolute Gasteiger partial charge is 0.232 e. The van der Waals surface area contributed by atoms with Crippen molar-refractivity contribution in [1.82, 2.24) is 0 Å². The van der Waals surface area contributed by atoms with Gasteiger partial charge in [0.25, 0.3) is 0 Å². The van der Waals surface area contributed by atoms with E-state index in [9.17, 15) is 8.42 Å². The van der Waals surface area contributed by atoms with Crippen LogP contribution in [0.5, 0.6) is 0 Å². The van der Waals surface area contributed by atoms with Crippen molar-refractivity contribution in [3.05, 3.63) is 65.2 Å². The summed E-state index contributed by atoms with van der Waals surface area (Å²) in [5.74, 6) is 0. The minimum absolute atomic E-state index is 0.247. The molecule has 0 N–H and O–H groups in total. The van der Waals surface area contributed by atoms with Gasteiger partial charge in [0.05, 0.1) is 23.5 Å². The Hall–Kier alpha value is -1.52. The number of hydrogen-bond acceptors (Lipinski definition) is 2. The van der Waals surface area contributed by atoms with Crippen LogP contribution in [0.4, 0.5) is 5.69 Å². The summed E-state index contributed by atoms with van der Waals surface area (Å²) in [6.07, 6.45) is 1.17. The molecule has 2 aromatic carbocycles. The van der Waals surface area contributed by atoms with Crippen LogP contribution in [0.2, 0.25) is 5.02 Å². The van der Waals surface area contributed by atoms with Gasteiger partial charge in [0.2, 0.25) is 10.0 Å². The average Bonchev–Trinajstić information content (AvgIpc) is 2.37. The Balaban J connectivity index is 2.41. The monoisotopic (exact) mass is 294 g/mol. The van der Waals surface area contributed by atoms with E-state index >= 15 is 0 Å². The molecule has 1 radical (unpaired) electrons. The Morgan fingerprint density at radius 2 is 1.89 bits per heavy atom. The highest BCUT2D eigenvalue weighted by atomic mass is 35.5. The van der Waals surface area contributed by atoms with Crippen molar-refractivity contribution in [2.75, 3.05) is 10.6 Å². The largest absolute Gasteiger partial charge is 0.265 e. The van der Waals surface area contributed by atoms with Gasteiger partial charge in [-0.25, -0.2) is 8.42 Å². The lowest BCUT2D eigenvalue weighted by Gasteiger charge is -2.23. The summed E-state index contributed by atoms with van der Waals surface area (Å²) in [5, 5.41) is 0.389. The predicted molar refractivity (Wildman–Crippen MR) is 77.8 cm³/mol. The van der Waals surface area contributed by atoms with E-state index in [4.69, 9.17) is 11.6 Å². The fourth-order valence-corrected chi connectivity index (χ4v) is 2.89. The first-order valence-corrected chi connectivity index (χ1v) is 7.88. The second kappa shape index (κ2) is 5.63. The van der Waals surface area contributed by atoms with E-state index in [0.29, 0.717) is 10.7 Å². The highest BCUT2D eigenvalue weighted by Gasteiger charge is 2.19. The molecule has 0 aliphatic rings. The predicted octanol–water partition coefficient (Wildman–Crippen LogP) is 3.11. The summed E-state index contributed by atoms with van der Waals surface area (Å²) in [7, 11) is -3.41. The molecular weight excluding hydrogens is 282 g/mol. The minimum Gasteiger partial charge on any atom is -0.265 e. The van der Waals surface area contributed by atoms with Gasteiger partial charge >= 0.3 is 0 Å². The van der Waals surface area contributed by atoms with Gasteiger partial charge in [-0.1, -0.05) is 48.0 Å². The molecule has 0 unspecified atom stereocenters. The normalized spacial score (nSPS) is 11.3. The molecule has 0 fully saturated rings. The second-order valence-corrected chi connectivity index (χ2v) is 6.45. The first-order chi connectivity index (χ1) is 8.98. The molecule has 19 heavy (non-hydrogen) atoms. The van der Waals surface area contributed by atoms with Crippen molar-refractivity contribution in [3.63, 3.8) is 0 Å². The molecule has 3 nitrogen and oxygen atoms in total. The maximum Gasteiger partial charge on any atom is 0.232 e. The molecule has 2 aromatic rings. The van der Waals surface area contributed by atoms with Gasteiger partial charge in [0.1, 0.15) is 0 Å². The van der Waals surface area contributed by atoms with E-state index in [1.807, 2.05) is 30.3 Å². The van der Waals surface area contributed by atoms with Crippen molar-refractivity contribution >= 4 is 27.3 Å². The highest BCUT2D eigenvalue weighted by molar-refractivity contribution is 7.92. The van der Waals surface area contributed by atoms with E-state index < -0.39 is 10.0 Å². The Labute approximate surface area is 118 Å². The van der Waals surface area contributed by atoms with E-state index in [-0.39, 0.29) is 6.54 Å². The molecule has 0 aliphatic carbocycles. The third-order valence-corrected chi connectivity index (χ3v) is 4.07. The molecule has 2 rings (SSSR count). The Bertz CT molecular complexity index is 656. The van der Waals surface area contributed by atoms with Crippen LogP contribution in [0.15, 0.2) is 48.5 Å². The van der Waals surface area contributed by atoms with Crippen LogP contribution in [-0.2, 0) is 16.6 Å². The molecule has 99 valence electrons. The van der Waals surface area contributed by atoms with Crippen LogP contribution in [0.25, 0.3) is 0 Å². The molecule has 0 saturated carbocycles. The lowest BCUT2D eigenvalue weighted by Crippen LogP contribution is -2.29. The van der Waals surface area contributed by atoms with E-state index in [1.54, 1.807) is 18.2 Å². The number of halogens is 1. The average molecular weight is 295 g/mol. The standard InChI is InChI=1S/C14H13ClNO2S/c1-19(17,18)16(11-12-7-3-2-4-8-12)14-10-6-5-9-13(14)15/h2-5,7-10H,11H2,1H3. The molecule has 0 aromatic heterocycles. The molecule has 5 heteroatoms. The zero-order chi connectivity index (χ0) is 13.9. The Morgan fingerprint density at radius 1 is 1.21 bits per heavy atom. The highest BCUT2D eigenvalue weighted by Crippen LogP contribution is 2.28. The van der Waals surface area contributed by atoms with Gasteiger partial charge in [-0.15, -0.1) is 0 Å². The molecule has 0 amide bonds. The van der Waals surface area contributed by atoms with Crippen LogP contribution in [0.3, 0.4) is 0 Å². The van der Waals surface area contributed by atoms with Crippen molar-refractivity contribution in [1.29, 1.82) is 0 Å². The molecule has 0 atom stereocenters. The molecule has 0 spiro atoms. The van der Waals surface area contributed by atoms with Gasteiger partial charge in [0, 0.05) is 0 Å². The lowest BCUT2D eigenvalue weighted by atomic mass is 10.2. The van der Waals surface area contributed by atoms with Crippen LogP contribution < -0.4 is 4.31 Å². The Kier molecular flexibility index (Phi) is 4.12. The maximum absolute atomic E-state index is 11.9. The quantitative estimate of drug-likeness (QED) is 0.869. The van der Waals surface area contributed by atoms with Crippen molar-refractivity contribution < 1.29 is 8.42 Å². The summed E-state index contributed by atoms with van der Waals surface area (Å²) in [6, 6.07) is 17.1. The third-order valence-electron chi connectivity index (χ3n) is 2.63. The van der Waals surface area contributed by atoms with Gasteiger partial charge in [-0.05, 0) is 23.8 Å².